The molecule has 114 valence electrons. The van der Waals surface area contributed by atoms with Crippen LogP contribution in [-0.2, 0) is 12.8 Å². The molecule has 1 atom stereocenters. The van der Waals surface area contributed by atoms with E-state index in [1.165, 1.54) is 36.9 Å². The Labute approximate surface area is 132 Å². The van der Waals surface area contributed by atoms with Crippen LogP contribution in [0.15, 0.2) is 6.07 Å². The number of aromatic nitrogens is 1. The number of fused-ring (bicyclic) bond motifs is 1. The highest BCUT2D eigenvalue weighted by molar-refractivity contribution is 7.80. The van der Waals surface area contributed by atoms with Crippen molar-refractivity contribution in [3.63, 3.8) is 0 Å². The second-order valence-electron chi connectivity index (χ2n) is 6.68. The van der Waals surface area contributed by atoms with Crippen LogP contribution < -0.4 is 10.6 Å². The van der Waals surface area contributed by atoms with Gasteiger partial charge in [0.25, 0.3) is 0 Å². The van der Waals surface area contributed by atoms with Crippen LogP contribution in [0.1, 0.15) is 56.4 Å². The Morgan fingerprint density at radius 2 is 2.10 bits per heavy atom. The van der Waals surface area contributed by atoms with Crippen molar-refractivity contribution >= 4 is 23.0 Å². The molecule has 1 unspecified atom stereocenters. The highest BCUT2D eigenvalue weighted by atomic mass is 32.1. The van der Waals surface area contributed by atoms with Crippen molar-refractivity contribution in [2.75, 3.05) is 11.4 Å². The van der Waals surface area contributed by atoms with Crippen LogP contribution in [0.25, 0.3) is 0 Å². The minimum absolute atomic E-state index is 0.486. The SMILES string of the molecule is CC(C)C1CCCN1c1nc2c(cc1C(N)=S)CCCC2. The van der Waals surface area contributed by atoms with Crippen molar-refractivity contribution in [3.05, 3.63) is 22.9 Å². The summed E-state index contributed by atoms with van der Waals surface area (Å²) in [6.45, 7) is 5.66. The molecule has 1 aliphatic carbocycles. The van der Waals surface area contributed by atoms with Gasteiger partial charge in [-0.1, -0.05) is 26.1 Å². The Hall–Kier alpha value is -1.16. The van der Waals surface area contributed by atoms with Crippen molar-refractivity contribution in [1.82, 2.24) is 4.98 Å². The van der Waals surface area contributed by atoms with Gasteiger partial charge in [0.2, 0.25) is 0 Å². The Kier molecular flexibility index (Phi) is 4.16. The van der Waals surface area contributed by atoms with E-state index in [9.17, 15) is 0 Å². The normalized spacial score (nSPS) is 21.7. The number of pyridine rings is 1. The van der Waals surface area contributed by atoms with Crippen molar-refractivity contribution < 1.29 is 0 Å². The summed E-state index contributed by atoms with van der Waals surface area (Å²) in [5.41, 5.74) is 9.61. The summed E-state index contributed by atoms with van der Waals surface area (Å²) in [5, 5.41) is 0. The molecule has 2 aliphatic rings. The molecule has 0 bridgehead atoms. The lowest BCUT2D eigenvalue weighted by molar-refractivity contribution is 0.489. The third-order valence-corrected chi connectivity index (χ3v) is 5.11. The molecule has 0 radical (unpaired) electrons. The van der Waals surface area contributed by atoms with Crippen molar-refractivity contribution in [2.45, 2.75) is 58.4 Å². The van der Waals surface area contributed by atoms with Crippen molar-refractivity contribution in [3.8, 4) is 0 Å². The Morgan fingerprint density at radius 1 is 1.33 bits per heavy atom. The minimum atomic E-state index is 0.486. The molecule has 0 amide bonds. The van der Waals surface area contributed by atoms with Crippen LogP contribution in [0.2, 0.25) is 0 Å². The summed E-state index contributed by atoms with van der Waals surface area (Å²) in [6, 6.07) is 2.78. The zero-order valence-electron chi connectivity index (χ0n) is 13.1. The van der Waals surface area contributed by atoms with E-state index in [1.54, 1.807) is 0 Å². The lowest BCUT2D eigenvalue weighted by Crippen LogP contribution is -2.36. The first-order valence-corrected chi connectivity index (χ1v) is 8.58. The minimum Gasteiger partial charge on any atom is -0.389 e. The summed E-state index contributed by atoms with van der Waals surface area (Å²) in [7, 11) is 0. The largest absolute Gasteiger partial charge is 0.389 e. The van der Waals surface area contributed by atoms with E-state index in [1.807, 2.05) is 0 Å². The lowest BCUT2D eigenvalue weighted by Gasteiger charge is -2.31. The number of rotatable bonds is 3. The Bertz CT molecular complexity index is 553. The predicted molar refractivity (Wildman–Crippen MR) is 92.0 cm³/mol. The number of thiocarbonyl (C=S) groups is 1. The zero-order chi connectivity index (χ0) is 15.0. The fourth-order valence-electron chi connectivity index (χ4n) is 3.77. The summed E-state index contributed by atoms with van der Waals surface area (Å²) in [6.07, 6.45) is 7.19. The molecular formula is C17H25N3S. The summed E-state index contributed by atoms with van der Waals surface area (Å²) in [5.74, 6) is 1.67. The predicted octanol–water partition coefficient (Wildman–Crippen LogP) is 3.22. The Balaban J connectivity index is 2.05. The van der Waals surface area contributed by atoms with Crippen molar-refractivity contribution in [1.29, 1.82) is 0 Å². The van der Waals surface area contributed by atoms with Gasteiger partial charge in [0, 0.05) is 18.3 Å². The topological polar surface area (TPSA) is 42.2 Å². The van der Waals surface area contributed by atoms with E-state index in [2.05, 4.69) is 24.8 Å². The molecular weight excluding hydrogens is 278 g/mol. The fraction of sp³-hybridized carbons (Fsp3) is 0.647. The molecule has 1 aromatic heterocycles. The van der Waals surface area contributed by atoms with Gasteiger partial charge in [0.05, 0.1) is 5.56 Å². The zero-order valence-corrected chi connectivity index (χ0v) is 13.9. The van der Waals surface area contributed by atoms with Gasteiger partial charge in [-0.25, -0.2) is 4.98 Å². The fourth-order valence-corrected chi connectivity index (χ4v) is 3.92. The molecule has 1 saturated heterocycles. The second kappa shape index (κ2) is 5.91. The number of nitrogens with zero attached hydrogens (tertiary/aromatic N) is 2. The van der Waals surface area contributed by atoms with E-state index >= 15 is 0 Å². The van der Waals surface area contributed by atoms with Crippen LogP contribution in [0.5, 0.6) is 0 Å². The van der Waals surface area contributed by atoms with Crippen molar-refractivity contribution in [2.24, 2.45) is 11.7 Å². The summed E-state index contributed by atoms with van der Waals surface area (Å²) >= 11 is 5.31. The molecule has 3 rings (SSSR count). The van der Waals surface area contributed by atoms with E-state index in [4.69, 9.17) is 22.9 Å². The third kappa shape index (κ3) is 2.78. The van der Waals surface area contributed by atoms with Gasteiger partial charge in [-0.2, -0.15) is 0 Å². The average molecular weight is 303 g/mol. The van der Waals surface area contributed by atoms with Gasteiger partial charge in [-0.05, 0) is 56.1 Å². The van der Waals surface area contributed by atoms with E-state index in [0.29, 0.717) is 16.9 Å². The maximum atomic E-state index is 6.00. The molecule has 3 nitrogen and oxygen atoms in total. The highest BCUT2D eigenvalue weighted by Crippen LogP contribution is 2.33. The molecule has 0 aromatic carbocycles. The average Bonchev–Trinajstić information content (AvgIpc) is 2.95. The van der Waals surface area contributed by atoms with Crippen LogP contribution >= 0.6 is 12.2 Å². The van der Waals surface area contributed by atoms with E-state index < -0.39 is 0 Å². The van der Waals surface area contributed by atoms with Gasteiger partial charge in [-0.15, -0.1) is 0 Å². The lowest BCUT2D eigenvalue weighted by atomic mass is 9.94. The second-order valence-corrected chi connectivity index (χ2v) is 7.12. The smallest absolute Gasteiger partial charge is 0.139 e. The van der Waals surface area contributed by atoms with E-state index in [-0.39, 0.29) is 0 Å². The quantitative estimate of drug-likeness (QED) is 0.871. The number of aryl methyl sites for hydroxylation is 2. The van der Waals surface area contributed by atoms with Gasteiger partial charge in [0.1, 0.15) is 10.8 Å². The maximum absolute atomic E-state index is 6.00. The maximum Gasteiger partial charge on any atom is 0.139 e. The first kappa shape index (κ1) is 14.8. The Morgan fingerprint density at radius 3 is 2.81 bits per heavy atom. The molecule has 4 heteroatoms. The van der Waals surface area contributed by atoms with Crippen LogP contribution in [0.3, 0.4) is 0 Å². The van der Waals surface area contributed by atoms with Crippen LogP contribution in [-0.4, -0.2) is 22.6 Å². The van der Waals surface area contributed by atoms with Crippen LogP contribution in [0, 0.1) is 5.92 Å². The molecule has 21 heavy (non-hydrogen) atoms. The standard InChI is InChI=1S/C17H25N3S/c1-11(2)15-8-5-9-20(15)17-13(16(18)21)10-12-6-3-4-7-14(12)19-17/h10-11,15H,3-9H2,1-2H3,(H2,18,21). The highest BCUT2D eigenvalue weighted by Gasteiger charge is 2.31. The van der Waals surface area contributed by atoms with Gasteiger partial charge >= 0.3 is 0 Å². The molecule has 0 saturated carbocycles. The molecule has 2 N–H and O–H groups in total. The number of hydrogen-bond donors (Lipinski definition) is 1. The molecule has 1 fully saturated rings. The molecule has 1 aromatic rings. The van der Waals surface area contributed by atoms with Gasteiger partial charge in [0.15, 0.2) is 0 Å². The molecule has 0 spiro atoms. The monoisotopic (exact) mass is 303 g/mol. The third-order valence-electron chi connectivity index (χ3n) is 4.89. The first-order valence-electron chi connectivity index (χ1n) is 8.17. The van der Waals surface area contributed by atoms with Crippen LogP contribution in [0.4, 0.5) is 5.82 Å². The summed E-state index contributed by atoms with van der Waals surface area (Å²) in [4.78, 5) is 7.95. The molecule has 2 heterocycles. The van der Waals surface area contributed by atoms with E-state index in [0.717, 1.165) is 30.8 Å². The van der Waals surface area contributed by atoms with Gasteiger partial charge < -0.3 is 10.6 Å². The number of hydrogen-bond acceptors (Lipinski definition) is 3. The first-order chi connectivity index (χ1) is 10.1. The number of anilines is 1. The number of nitrogens with two attached hydrogens (primary N) is 1. The summed E-state index contributed by atoms with van der Waals surface area (Å²) < 4.78 is 0. The molecule has 1 aliphatic heterocycles. The van der Waals surface area contributed by atoms with Gasteiger partial charge in [-0.3, -0.25) is 0 Å².